The fourth-order valence-corrected chi connectivity index (χ4v) is 4.05. The Bertz CT molecular complexity index is 1200. The number of halogens is 1. The Kier molecular flexibility index (Phi) is 7.04. The number of nitrogens with one attached hydrogen (secondary N) is 2. The number of carbonyl (C=O) groups excluding carboxylic acids is 1. The number of methoxy groups -OCH3 is 1. The van der Waals surface area contributed by atoms with Gasteiger partial charge in [-0.25, -0.2) is 8.42 Å². The molecule has 0 heterocycles. The molecular formula is C22H21ClN2O5S. The van der Waals surface area contributed by atoms with Crippen molar-refractivity contribution in [1.29, 1.82) is 0 Å². The lowest BCUT2D eigenvalue weighted by molar-refractivity contribution is 0.102. The molecule has 0 aliphatic rings. The standard InChI is InChI=1S/C22H21ClN2O5S/c1-3-30-21-11-10-19(31(27,28)25-17-8-5-9-18(13-17)29-2)14-20(21)24-22(26)15-6-4-7-16(23)12-15/h4-14,25H,3H2,1-2H3,(H,24,26). The van der Waals surface area contributed by atoms with E-state index in [-0.39, 0.29) is 10.6 Å². The van der Waals surface area contributed by atoms with Crippen LogP contribution in [0, 0.1) is 0 Å². The van der Waals surface area contributed by atoms with Crippen molar-refractivity contribution in [1.82, 2.24) is 0 Å². The van der Waals surface area contributed by atoms with E-state index in [9.17, 15) is 13.2 Å². The molecule has 0 aliphatic heterocycles. The summed E-state index contributed by atoms with van der Waals surface area (Å²) in [5, 5.41) is 3.11. The Balaban J connectivity index is 1.92. The number of anilines is 2. The van der Waals surface area contributed by atoms with E-state index in [1.54, 1.807) is 49.4 Å². The van der Waals surface area contributed by atoms with Gasteiger partial charge in [-0.15, -0.1) is 0 Å². The van der Waals surface area contributed by atoms with Crippen molar-refractivity contribution in [3.63, 3.8) is 0 Å². The Morgan fingerprint density at radius 1 is 1.03 bits per heavy atom. The largest absolute Gasteiger partial charge is 0.497 e. The van der Waals surface area contributed by atoms with E-state index in [4.69, 9.17) is 21.1 Å². The van der Waals surface area contributed by atoms with E-state index in [1.165, 1.54) is 31.4 Å². The number of hydrogen-bond acceptors (Lipinski definition) is 5. The van der Waals surface area contributed by atoms with Crippen molar-refractivity contribution in [2.24, 2.45) is 0 Å². The van der Waals surface area contributed by atoms with Gasteiger partial charge in [-0.2, -0.15) is 0 Å². The van der Waals surface area contributed by atoms with Crippen LogP contribution in [0.15, 0.2) is 71.6 Å². The molecule has 3 rings (SSSR count). The van der Waals surface area contributed by atoms with Gasteiger partial charge in [-0.05, 0) is 55.5 Å². The summed E-state index contributed by atoms with van der Waals surface area (Å²) in [5.41, 5.74) is 0.899. The molecule has 0 atom stereocenters. The number of hydrogen-bond donors (Lipinski definition) is 2. The van der Waals surface area contributed by atoms with Crippen LogP contribution in [0.1, 0.15) is 17.3 Å². The first-order valence-corrected chi connectivity index (χ1v) is 11.2. The van der Waals surface area contributed by atoms with Crippen molar-refractivity contribution < 1.29 is 22.7 Å². The van der Waals surface area contributed by atoms with Gasteiger partial charge in [0.05, 0.1) is 30.0 Å². The normalized spacial score (nSPS) is 10.9. The number of ether oxygens (including phenoxy) is 2. The van der Waals surface area contributed by atoms with Crippen LogP contribution in [-0.4, -0.2) is 28.0 Å². The predicted octanol–water partition coefficient (Wildman–Crippen LogP) is 4.80. The van der Waals surface area contributed by atoms with Crippen molar-refractivity contribution in [3.8, 4) is 11.5 Å². The van der Waals surface area contributed by atoms with Crippen LogP contribution >= 0.6 is 11.6 Å². The summed E-state index contributed by atoms with van der Waals surface area (Å²) in [5.74, 6) is 0.415. The van der Waals surface area contributed by atoms with Crippen molar-refractivity contribution >= 4 is 38.9 Å². The first-order valence-electron chi connectivity index (χ1n) is 9.33. The van der Waals surface area contributed by atoms with Crippen LogP contribution in [0.4, 0.5) is 11.4 Å². The highest BCUT2D eigenvalue weighted by Crippen LogP contribution is 2.30. The smallest absolute Gasteiger partial charge is 0.261 e. The van der Waals surface area contributed by atoms with E-state index in [2.05, 4.69) is 10.0 Å². The second kappa shape index (κ2) is 9.72. The van der Waals surface area contributed by atoms with Gasteiger partial charge in [0.1, 0.15) is 11.5 Å². The minimum atomic E-state index is -3.93. The molecule has 0 bridgehead atoms. The van der Waals surface area contributed by atoms with E-state index >= 15 is 0 Å². The second-order valence-electron chi connectivity index (χ2n) is 6.39. The lowest BCUT2D eigenvalue weighted by Crippen LogP contribution is -2.16. The fraction of sp³-hybridized carbons (Fsp3) is 0.136. The van der Waals surface area contributed by atoms with E-state index < -0.39 is 15.9 Å². The SMILES string of the molecule is CCOc1ccc(S(=O)(=O)Nc2cccc(OC)c2)cc1NC(=O)c1cccc(Cl)c1. The minimum absolute atomic E-state index is 0.0415. The number of rotatable bonds is 8. The molecule has 0 spiro atoms. The third-order valence-corrected chi connectivity index (χ3v) is 5.83. The first kappa shape index (κ1) is 22.5. The van der Waals surface area contributed by atoms with Crippen LogP contribution in [-0.2, 0) is 10.0 Å². The molecule has 0 fully saturated rings. The maximum atomic E-state index is 12.9. The highest BCUT2D eigenvalue weighted by atomic mass is 35.5. The van der Waals surface area contributed by atoms with E-state index in [0.29, 0.717) is 34.4 Å². The number of sulfonamides is 1. The molecule has 3 aromatic rings. The van der Waals surface area contributed by atoms with Gasteiger partial charge < -0.3 is 14.8 Å². The summed E-state index contributed by atoms with van der Waals surface area (Å²) in [6.07, 6.45) is 0. The average Bonchev–Trinajstić information content (AvgIpc) is 2.74. The van der Waals surface area contributed by atoms with Crippen LogP contribution < -0.4 is 19.5 Å². The van der Waals surface area contributed by atoms with Gasteiger partial charge in [0.15, 0.2) is 0 Å². The van der Waals surface area contributed by atoms with Crippen LogP contribution in [0.25, 0.3) is 0 Å². The maximum absolute atomic E-state index is 12.9. The number of benzene rings is 3. The fourth-order valence-electron chi connectivity index (χ4n) is 2.78. The molecule has 0 aromatic heterocycles. The molecule has 3 aromatic carbocycles. The molecule has 31 heavy (non-hydrogen) atoms. The van der Waals surface area contributed by atoms with Crippen LogP contribution in [0.5, 0.6) is 11.5 Å². The summed E-state index contributed by atoms with van der Waals surface area (Å²) in [7, 11) is -2.44. The van der Waals surface area contributed by atoms with Gasteiger partial charge in [-0.1, -0.05) is 23.7 Å². The highest BCUT2D eigenvalue weighted by molar-refractivity contribution is 7.92. The Hall–Kier alpha value is -3.23. The van der Waals surface area contributed by atoms with Crippen molar-refractivity contribution in [3.05, 3.63) is 77.3 Å². The van der Waals surface area contributed by atoms with Gasteiger partial charge in [0.2, 0.25) is 0 Å². The minimum Gasteiger partial charge on any atom is -0.497 e. The van der Waals surface area contributed by atoms with Crippen molar-refractivity contribution in [2.75, 3.05) is 23.8 Å². The quantitative estimate of drug-likeness (QED) is 0.503. The summed E-state index contributed by atoms with van der Waals surface area (Å²) in [6, 6.07) is 17.2. The maximum Gasteiger partial charge on any atom is 0.261 e. The zero-order valence-corrected chi connectivity index (χ0v) is 18.5. The summed E-state index contributed by atoms with van der Waals surface area (Å²) < 4.78 is 39.0. The number of amides is 1. The van der Waals surface area contributed by atoms with Gasteiger partial charge in [-0.3, -0.25) is 9.52 Å². The Morgan fingerprint density at radius 2 is 1.81 bits per heavy atom. The first-order chi connectivity index (χ1) is 14.8. The van der Waals surface area contributed by atoms with Crippen LogP contribution in [0.2, 0.25) is 5.02 Å². The molecule has 1 amide bonds. The lowest BCUT2D eigenvalue weighted by Gasteiger charge is -2.15. The molecule has 9 heteroatoms. The number of carbonyl (C=O) groups is 1. The molecule has 162 valence electrons. The summed E-state index contributed by atoms with van der Waals surface area (Å²) in [4.78, 5) is 12.6. The van der Waals surface area contributed by atoms with Crippen LogP contribution in [0.3, 0.4) is 0 Å². The lowest BCUT2D eigenvalue weighted by atomic mass is 10.2. The molecule has 0 saturated heterocycles. The molecule has 0 aliphatic carbocycles. The molecular weight excluding hydrogens is 440 g/mol. The zero-order valence-electron chi connectivity index (χ0n) is 16.9. The molecule has 2 N–H and O–H groups in total. The predicted molar refractivity (Wildman–Crippen MR) is 121 cm³/mol. The Morgan fingerprint density at radius 3 is 2.52 bits per heavy atom. The molecule has 7 nitrogen and oxygen atoms in total. The molecule has 0 saturated carbocycles. The van der Waals surface area contributed by atoms with Gasteiger partial charge in [0.25, 0.3) is 15.9 Å². The van der Waals surface area contributed by atoms with E-state index in [1.807, 2.05) is 0 Å². The monoisotopic (exact) mass is 460 g/mol. The van der Waals surface area contributed by atoms with Crippen molar-refractivity contribution in [2.45, 2.75) is 11.8 Å². The third kappa shape index (κ3) is 5.68. The summed E-state index contributed by atoms with van der Waals surface area (Å²) >= 11 is 5.96. The van der Waals surface area contributed by atoms with Gasteiger partial charge in [0, 0.05) is 16.7 Å². The van der Waals surface area contributed by atoms with E-state index in [0.717, 1.165) is 0 Å². The zero-order chi connectivity index (χ0) is 22.4. The Labute approximate surface area is 186 Å². The summed E-state index contributed by atoms with van der Waals surface area (Å²) in [6.45, 7) is 2.13. The topological polar surface area (TPSA) is 93.7 Å². The third-order valence-electron chi connectivity index (χ3n) is 4.22. The second-order valence-corrected chi connectivity index (χ2v) is 8.51. The molecule has 0 unspecified atom stereocenters. The highest BCUT2D eigenvalue weighted by Gasteiger charge is 2.19. The average molecular weight is 461 g/mol. The molecule has 0 radical (unpaired) electrons. The van der Waals surface area contributed by atoms with Gasteiger partial charge >= 0.3 is 0 Å².